The largest absolute Gasteiger partial charge is 0.497 e. The molecule has 0 aromatic heterocycles. The van der Waals surface area contributed by atoms with E-state index in [0.29, 0.717) is 11.4 Å². The number of carbonyl (C=O) groups is 2. The summed E-state index contributed by atoms with van der Waals surface area (Å²) in [6.07, 6.45) is 0. The summed E-state index contributed by atoms with van der Waals surface area (Å²) in [4.78, 5) is 22.9. The van der Waals surface area contributed by atoms with E-state index >= 15 is 0 Å². The van der Waals surface area contributed by atoms with E-state index in [9.17, 15) is 9.59 Å². The van der Waals surface area contributed by atoms with Gasteiger partial charge in [0.15, 0.2) is 0 Å². The third-order valence-electron chi connectivity index (χ3n) is 3.00. The third kappa shape index (κ3) is 3.61. The predicted octanol–water partition coefficient (Wildman–Crippen LogP) is 1.12. The molecule has 0 saturated carbocycles. The van der Waals surface area contributed by atoms with Gasteiger partial charge in [-0.2, -0.15) is 0 Å². The van der Waals surface area contributed by atoms with E-state index in [2.05, 4.69) is 5.32 Å². The van der Waals surface area contributed by atoms with E-state index in [1.165, 1.54) is 20.1 Å². The van der Waals surface area contributed by atoms with Gasteiger partial charge >= 0.3 is 5.97 Å². The molecule has 0 bridgehead atoms. The van der Waals surface area contributed by atoms with Crippen LogP contribution in [0.4, 0.5) is 5.69 Å². The molecule has 0 fully saturated rings. The van der Waals surface area contributed by atoms with Gasteiger partial charge < -0.3 is 20.9 Å². The lowest BCUT2D eigenvalue weighted by atomic mass is 10.0. The average Bonchev–Trinajstić information content (AvgIpc) is 2.37. The van der Waals surface area contributed by atoms with Crippen LogP contribution in [0.15, 0.2) is 18.2 Å². The average molecular weight is 266 g/mol. The van der Waals surface area contributed by atoms with Gasteiger partial charge in [0.1, 0.15) is 5.75 Å². The Balaban J connectivity index is 2.86. The van der Waals surface area contributed by atoms with Gasteiger partial charge in [0.2, 0.25) is 0 Å². The Hall–Kier alpha value is -2.24. The van der Waals surface area contributed by atoms with Gasteiger partial charge in [0.05, 0.1) is 18.6 Å². The first kappa shape index (κ1) is 14.8. The van der Waals surface area contributed by atoms with Crippen LogP contribution in [0.2, 0.25) is 0 Å². The summed E-state index contributed by atoms with van der Waals surface area (Å²) in [6, 6.07) is 4.23. The quantitative estimate of drug-likeness (QED) is 0.693. The van der Waals surface area contributed by atoms with Gasteiger partial charge in [-0.3, -0.25) is 9.59 Å². The lowest BCUT2D eigenvalue weighted by Crippen LogP contribution is -2.40. The van der Waals surface area contributed by atoms with Crippen molar-refractivity contribution >= 4 is 17.6 Å². The zero-order chi connectivity index (χ0) is 14.6. The lowest BCUT2D eigenvalue weighted by Gasteiger charge is -2.18. The van der Waals surface area contributed by atoms with Crippen molar-refractivity contribution in [1.29, 1.82) is 0 Å². The molecular formula is C13H18N2O4. The van der Waals surface area contributed by atoms with Gasteiger partial charge in [-0.25, -0.2) is 0 Å². The minimum Gasteiger partial charge on any atom is -0.497 e. The van der Waals surface area contributed by atoms with E-state index < -0.39 is 23.8 Å². The van der Waals surface area contributed by atoms with Gasteiger partial charge in [-0.1, -0.05) is 0 Å². The first-order valence-electron chi connectivity index (χ1n) is 5.84. The molecule has 104 valence electrons. The Morgan fingerprint density at radius 2 is 2.00 bits per heavy atom. The van der Waals surface area contributed by atoms with Crippen LogP contribution in [0.1, 0.15) is 24.2 Å². The molecule has 19 heavy (non-hydrogen) atoms. The summed E-state index contributed by atoms with van der Waals surface area (Å²) in [5.41, 5.74) is 6.30. The van der Waals surface area contributed by atoms with Crippen LogP contribution in [0.3, 0.4) is 0 Å². The minimum absolute atomic E-state index is 0.267. The third-order valence-corrected chi connectivity index (χ3v) is 3.00. The van der Waals surface area contributed by atoms with Gasteiger partial charge in [0.25, 0.3) is 5.91 Å². The fourth-order valence-corrected chi connectivity index (χ4v) is 1.48. The van der Waals surface area contributed by atoms with Crippen LogP contribution in [-0.4, -0.2) is 30.1 Å². The second-order valence-corrected chi connectivity index (χ2v) is 4.34. The number of carboxylic acids is 1. The number of carboxylic acid groups (broad SMARTS) is 1. The number of hydrogen-bond acceptors (Lipinski definition) is 4. The molecule has 1 aromatic rings. The zero-order valence-electron chi connectivity index (χ0n) is 11.1. The Morgan fingerprint density at radius 3 is 2.53 bits per heavy atom. The number of nitrogen functional groups attached to an aromatic ring is 1. The number of carbonyl (C=O) groups excluding carboxylic acids is 1. The number of methoxy groups -OCH3 is 1. The highest BCUT2D eigenvalue weighted by molar-refractivity contribution is 5.99. The van der Waals surface area contributed by atoms with Crippen molar-refractivity contribution in [2.75, 3.05) is 12.8 Å². The number of benzene rings is 1. The van der Waals surface area contributed by atoms with Crippen LogP contribution in [0.25, 0.3) is 0 Å². The fraction of sp³-hybridized carbons (Fsp3) is 0.385. The second kappa shape index (κ2) is 6.08. The number of nitrogens with one attached hydrogen (secondary N) is 1. The van der Waals surface area contributed by atoms with E-state index in [-0.39, 0.29) is 5.56 Å². The molecule has 0 radical (unpaired) electrons. The van der Waals surface area contributed by atoms with Gasteiger partial charge in [-0.05, 0) is 32.0 Å². The molecule has 6 heteroatoms. The van der Waals surface area contributed by atoms with E-state index in [4.69, 9.17) is 15.6 Å². The molecule has 1 aromatic carbocycles. The van der Waals surface area contributed by atoms with E-state index in [1.807, 2.05) is 0 Å². The Bertz CT molecular complexity index is 488. The summed E-state index contributed by atoms with van der Waals surface area (Å²) < 4.78 is 5.02. The van der Waals surface area contributed by atoms with Crippen LogP contribution >= 0.6 is 0 Å². The maximum atomic E-state index is 12.0. The molecule has 4 N–H and O–H groups in total. The Morgan fingerprint density at radius 1 is 1.37 bits per heavy atom. The van der Waals surface area contributed by atoms with Crippen LogP contribution < -0.4 is 15.8 Å². The smallest absolute Gasteiger partial charge is 0.308 e. The molecule has 2 atom stereocenters. The SMILES string of the molecule is COc1ccc(N)c(C(=O)NC(C)C(C)C(=O)O)c1. The maximum absolute atomic E-state index is 12.0. The Labute approximate surface area is 111 Å². The van der Waals surface area contributed by atoms with Crippen LogP contribution in [0, 0.1) is 5.92 Å². The summed E-state index contributed by atoms with van der Waals surface area (Å²) in [5, 5.41) is 11.5. The van der Waals surface area contributed by atoms with Gasteiger partial charge in [-0.15, -0.1) is 0 Å². The molecule has 0 aliphatic rings. The summed E-state index contributed by atoms with van der Waals surface area (Å²) in [6.45, 7) is 3.16. The lowest BCUT2D eigenvalue weighted by molar-refractivity contribution is -0.141. The van der Waals surface area contributed by atoms with Crippen molar-refractivity contribution in [3.63, 3.8) is 0 Å². The number of anilines is 1. The molecule has 0 aliphatic carbocycles. The van der Waals surface area contributed by atoms with E-state index in [0.717, 1.165) is 0 Å². The number of amides is 1. The molecule has 6 nitrogen and oxygen atoms in total. The molecule has 1 rings (SSSR count). The predicted molar refractivity (Wildman–Crippen MR) is 71.1 cm³/mol. The minimum atomic E-state index is -0.966. The number of aliphatic carboxylic acids is 1. The molecule has 1 amide bonds. The summed E-state index contributed by atoms with van der Waals surface area (Å²) >= 11 is 0. The standard InChI is InChI=1S/C13H18N2O4/c1-7(13(17)18)8(2)15-12(16)10-6-9(19-3)4-5-11(10)14/h4-8H,14H2,1-3H3,(H,15,16)(H,17,18). The van der Waals surface area contributed by atoms with Crippen LogP contribution in [0.5, 0.6) is 5.75 Å². The van der Waals surface area contributed by atoms with Gasteiger partial charge in [0, 0.05) is 11.7 Å². The number of rotatable bonds is 5. The summed E-state index contributed by atoms with van der Waals surface area (Å²) in [5.74, 6) is -1.56. The van der Waals surface area contributed by atoms with Crippen molar-refractivity contribution in [3.05, 3.63) is 23.8 Å². The molecule has 0 heterocycles. The van der Waals surface area contributed by atoms with E-state index in [1.54, 1.807) is 19.1 Å². The monoisotopic (exact) mass is 266 g/mol. The van der Waals surface area contributed by atoms with Crippen molar-refractivity contribution in [2.24, 2.45) is 5.92 Å². The highest BCUT2D eigenvalue weighted by atomic mass is 16.5. The fourth-order valence-electron chi connectivity index (χ4n) is 1.48. The van der Waals surface area contributed by atoms with Crippen molar-refractivity contribution in [3.8, 4) is 5.75 Å². The topological polar surface area (TPSA) is 102 Å². The Kier molecular flexibility index (Phi) is 4.74. The number of hydrogen-bond donors (Lipinski definition) is 3. The van der Waals surface area contributed by atoms with Crippen molar-refractivity contribution in [2.45, 2.75) is 19.9 Å². The highest BCUT2D eigenvalue weighted by Crippen LogP contribution is 2.19. The maximum Gasteiger partial charge on any atom is 0.308 e. The number of nitrogens with two attached hydrogens (primary N) is 1. The van der Waals surface area contributed by atoms with Crippen LogP contribution in [-0.2, 0) is 4.79 Å². The first-order chi connectivity index (χ1) is 8.86. The van der Waals surface area contributed by atoms with Crippen molar-refractivity contribution < 1.29 is 19.4 Å². The first-order valence-corrected chi connectivity index (χ1v) is 5.84. The molecule has 0 spiro atoms. The normalized spacial score (nSPS) is 13.4. The second-order valence-electron chi connectivity index (χ2n) is 4.34. The molecule has 0 aliphatic heterocycles. The van der Waals surface area contributed by atoms with Crippen molar-refractivity contribution in [1.82, 2.24) is 5.32 Å². The summed E-state index contributed by atoms with van der Waals surface area (Å²) in [7, 11) is 1.49. The molecule has 2 unspecified atom stereocenters. The molecular weight excluding hydrogens is 248 g/mol. The number of ether oxygens (including phenoxy) is 1. The highest BCUT2D eigenvalue weighted by Gasteiger charge is 2.22. The molecule has 0 saturated heterocycles. The zero-order valence-corrected chi connectivity index (χ0v) is 11.1.